The highest BCUT2D eigenvalue weighted by molar-refractivity contribution is 6.03. The number of aliphatic hydroxyl groups excluding tert-OH is 1. The molecule has 0 amide bonds. The van der Waals surface area contributed by atoms with E-state index in [0.717, 1.165) is 0 Å². The summed E-state index contributed by atoms with van der Waals surface area (Å²) in [4.78, 5) is 13.7. The first-order valence-electron chi connectivity index (χ1n) is 11.4. The van der Waals surface area contributed by atoms with Gasteiger partial charge >= 0.3 is 0 Å². The van der Waals surface area contributed by atoms with Gasteiger partial charge in [-0.3, -0.25) is 4.79 Å². The number of carbonyl (C=O) groups excluding carboxylic acids is 1. The predicted octanol–water partition coefficient (Wildman–Crippen LogP) is 4.27. The second-order valence-electron chi connectivity index (χ2n) is 8.59. The summed E-state index contributed by atoms with van der Waals surface area (Å²) >= 11 is 0. The number of aromatic hydroxyl groups is 1. The molecule has 8 heteroatoms. The van der Waals surface area contributed by atoms with Crippen LogP contribution in [0.5, 0.6) is 34.5 Å². The molecule has 0 heterocycles. The van der Waals surface area contributed by atoms with Crippen LogP contribution in [0.3, 0.4) is 0 Å². The van der Waals surface area contributed by atoms with E-state index < -0.39 is 12.0 Å². The van der Waals surface area contributed by atoms with E-state index in [9.17, 15) is 15.0 Å². The summed E-state index contributed by atoms with van der Waals surface area (Å²) in [6, 6.07) is 3.30. The third-order valence-electron chi connectivity index (χ3n) is 6.72. The Hall–Kier alpha value is -3.39. The molecule has 3 rings (SSSR count). The van der Waals surface area contributed by atoms with Crippen molar-refractivity contribution in [3.8, 4) is 45.6 Å². The maximum atomic E-state index is 13.7. The summed E-state index contributed by atoms with van der Waals surface area (Å²) in [6.45, 7) is 5.39. The predicted molar refractivity (Wildman–Crippen MR) is 132 cm³/mol. The number of rotatable bonds is 7. The summed E-state index contributed by atoms with van der Waals surface area (Å²) < 4.78 is 28.3. The lowest BCUT2D eigenvalue weighted by molar-refractivity contribution is -0.120. The maximum absolute atomic E-state index is 13.7. The number of hydrogen-bond acceptors (Lipinski definition) is 8. The van der Waals surface area contributed by atoms with Crippen LogP contribution in [0, 0.1) is 5.92 Å². The molecular weight excluding hydrogens is 452 g/mol. The van der Waals surface area contributed by atoms with Crippen LogP contribution in [0.2, 0.25) is 0 Å². The lowest BCUT2D eigenvalue weighted by atomic mass is 9.73. The van der Waals surface area contributed by atoms with Crippen molar-refractivity contribution in [2.24, 2.45) is 5.92 Å². The van der Waals surface area contributed by atoms with Crippen molar-refractivity contribution in [3.05, 3.63) is 34.9 Å². The van der Waals surface area contributed by atoms with E-state index in [-0.39, 0.29) is 28.9 Å². The second-order valence-corrected chi connectivity index (χ2v) is 8.59. The van der Waals surface area contributed by atoms with Gasteiger partial charge in [0.15, 0.2) is 28.8 Å². The number of ketones is 1. The van der Waals surface area contributed by atoms with Gasteiger partial charge < -0.3 is 33.9 Å². The molecule has 1 aliphatic carbocycles. The Labute approximate surface area is 206 Å². The Balaban J connectivity index is 2.62. The van der Waals surface area contributed by atoms with Crippen molar-refractivity contribution in [3.63, 3.8) is 0 Å². The minimum absolute atomic E-state index is 0.0938. The number of phenolic OH excluding ortho intramolecular Hbond substituents is 1. The van der Waals surface area contributed by atoms with Crippen LogP contribution in [0.4, 0.5) is 0 Å². The number of aliphatic hydroxyl groups is 1. The molecule has 2 N–H and O–H groups in total. The molecule has 190 valence electrons. The Morgan fingerprint density at radius 1 is 0.914 bits per heavy atom. The first kappa shape index (κ1) is 26.2. The number of carbonyl (C=O) groups is 1. The zero-order valence-corrected chi connectivity index (χ0v) is 21.5. The number of Topliss-reactive ketones (excluding diaryl/α,β-unsaturated/α-hetero) is 1. The SMILES string of the molecule is C/C=C(/C)C(=O)[C@H]1c2cc(OC)c(OC)c(OC)c2-c2c(cc(O)c(OC)c2OC)C[C@@H](C)[C@H]1O. The third-order valence-corrected chi connectivity index (χ3v) is 6.72. The first-order chi connectivity index (χ1) is 16.7. The molecule has 0 bridgehead atoms. The fraction of sp³-hybridized carbons (Fsp3) is 0.444. The second kappa shape index (κ2) is 10.5. The van der Waals surface area contributed by atoms with Crippen LogP contribution in [0.15, 0.2) is 23.8 Å². The Kier molecular flexibility index (Phi) is 7.85. The van der Waals surface area contributed by atoms with E-state index in [0.29, 0.717) is 51.5 Å². The standard InChI is InChI=1S/C27H34O8/c1-9-13(2)22(29)21-16-12-18(31-4)25(33-6)27(35-8)20(16)19-15(10-14(3)23(21)30)11-17(28)24(32-5)26(19)34-7/h9,11-12,14,21,23,28,30H,10H2,1-8H3/b13-9-/t14-,21-,23-/m1/s1. The van der Waals surface area contributed by atoms with Gasteiger partial charge in [-0.2, -0.15) is 0 Å². The average molecular weight is 487 g/mol. The minimum atomic E-state index is -1.03. The molecule has 0 fully saturated rings. The van der Waals surface area contributed by atoms with Gasteiger partial charge in [0, 0.05) is 11.1 Å². The largest absolute Gasteiger partial charge is 0.504 e. The molecule has 0 spiro atoms. The van der Waals surface area contributed by atoms with Crippen LogP contribution < -0.4 is 23.7 Å². The van der Waals surface area contributed by atoms with Crippen molar-refractivity contribution in [1.29, 1.82) is 0 Å². The van der Waals surface area contributed by atoms with Gasteiger partial charge in [-0.1, -0.05) is 13.0 Å². The topological polar surface area (TPSA) is 104 Å². The minimum Gasteiger partial charge on any atom is -0.504 e. The molecule has 0 radical (unpaired) electrons. The normalized spacial score (nSPS) is 19.6. The van der Waals surface area contributed by atoms with Crippen molar-refractivity contribution in [2.45, 2.75) is 39.2 Å². The average Bonchev–Trinajstić information content (AvgIpc) is 2.86. The highest BCUT2D eigenvalue weighted by Gasteiger charge is 2.41. The van der Waals surface area contributed by atoms with Gasteiger partial charge in [0.05, 0.1) is 47.6 Å². The fourth-order valence-electron chi connectivity index (χ4n) is 4.85. The third kappa shape index (κ3) is 4.27. The summed E-state index contributed by atoms with van der Waals surface area (Å²) in [5.74, 6) is -0.135. The highest BCUT2D eigenvalue weighted by Crippen LogP contribution is 2.57. The number of benzene rings is 2. The van der Waals surface area contributed by atoms with E-state index in [1.165, 1.54) is 35.5 Å². The molecular formula is C27H34O8. The van der Waals surface area contributed by atoms with Crippen LogP contribution in [-0.4, -0.2) is 57.6 Å². The molecule has 8 nitrogen and oxygen atoms in total. The van der Waals surface area contributed by atoms with Crippen molar-refractivity contribution < 1.29 is 38.7 Å². The molecule has 2 aromatic rings. The van der Waals surface area contributed by atoms with E-state index in [4.69, 9.17) is 23.7 Å². The number of ether oxygens (including phenoxy) is 5. The number of hydrogen-bond donors (Lipinski definition) is 2. The van der Waals surface area contributed by atoms with Gasteiger partial charge in [-0.25, -0.2) is 0 Å². The van der Waals surface area contributed by atoms with E-state index in [2.05, 4.69) is 0 Å². The van der Waals surface area contributed by atoms with E-state index in [1.54, 1.807) is 32.1 Å². The van der Waals surface area contributed by atoms with Gasteiger partial charge in [0.1, 0.15) is 0 Å². The zero-order chi connectivity index (χ0) is 26.0. The highest BCUT2D eigenvalue weighted by atomic mass is 16.5. The summed E-state index contributed by atoms with van der Waals surface area (Å²) in [5.41, 5.74) is 2.81. The van der Waals surface area contributed by atoms with Crippen LogP contribution in [0.25, 0.3) is 11.1 Å². The Bertz CT molecular complexity index is 1150. The van der Waals surface area contributed by atoms with E-state index >= 15 is 0 Å². The van der Waals surface area contributed by atoms with Gasteiger partial charge in [0.25, 0.3) is 0 Å². The van der Waals surface area contributed by atoms with Crippen LogP contribution in [-0.2, 0) is 11.2 Å². The monoisotopic (exact) mass is 486 g/mol. The smallest absolute Gasteiger partial charge is 0.203 e. The number of allylic oxidation sites excluding steroid dienone is 2. The van der Waals surface area contributed by atoms with Crippen LogP contribution in [0.1, 0.15) is 37.8 Å². The van der Waals surface area contributed by atoms with Crippen LogP contribution >= 0.6 is 0 Å². The molecule has 0 aliphatic heterocycles. The Morgan fingerprint density at radius 2 is 1.49 bits per heavy atom. The number of phenols is 1. The lowest BCUT2D eigenvalue weighted by Crippen LogP contribution is -2.35. The number of methoxy groups -OCH3 is 5. The van der Waals surface area contributed by atoms with Gasteiger partial charge in [0.2, 0.25) is 11.5 Å². The Morgan fingerprint density at radius 3 is 2.00 bits per heavy atom. The number of fused-ring (bicyclic) bond motifs is 3. The molecule has 2 aromatic carbocycles. The molecule has 35 heavy (non-hydrogen) atoms. The molecule has 0 unspecified atom stereocenters. The quantitative estimate of drug-likeness (QED) is 0.559. The van der Waals surface area contributed by atoms with Gasteiger partial charge in [-0.15, -0.1) is 0 Å². The summed E-state index contributed by atoms with van der Waals surface area (Å²) in [6.07, 6.45) is 1.06. The molecule has 0 aromatic heterocycles. The zero-order valence-electron chi connectivity index (χ0n) is 21.5. The maximum Gasteiger partial charge on any atom is 0.203 e. The van der Waals surface area contributed by atoms with Crippen molar-refractivity contribution >= 4 is 5.78 Å². The lowest BCUT2D eigenvalue weighted by Gasteiger charge is -2.34. The molecule has 3 atom stereocenters. The summed E-state index contributed by atoms with van der Waals surface area (Å²) in [7, 11) is 7.40. The summed E-state index contributed by atoms with van der Waals surface area (Å²) in [5, 5.41) is 22.2. The fourth-order valence-corrected chi connectivity index (χ4v) is 4.85. The molecule has 0 saturated heterocycles. The first-order valence-corrected chi connectivity index (χ1v) is 11.4. The van der Waals surface area contributed by atoms with Gasteiger partial charge in [-0.05, 0) is 55.0 Å². The van der Waals surface area contributed by atoms with Crippen molar-refractivity contribution in [1.82, 2.24) is 0 Å². The van der Waals surface area contributed by atoms with E-state index in [1.807, 2.05) is 6.92 Å². The van der Waals surface area contributed by atoms with Crippen molar-refractivity contribution in [2.75, 3.05) is 35.5 Å². The molecule has 1 aliphatic rings. The molecule has 0 saturated carbocycles.